The molecule has 2 aliphatic carbocycles. The van der Waals surface area contributed by atoms with Gasteiger partial charge in [-0.05, 0) is 36.1 Å². The summed E-state index contributed by atoms with van der Waals surface area (Å²) in [4.78, 5) is 4.48. The maximum absolute atomic E-state index is 4.48. The van der Waals surface area contributed by atoms with E-state index in [1.165, 1.54) is 25.7 Å². The third-order valence-corrected chi connectivity index (χ3v) is 4.07. The molecule has 0 aromatic carbocycles. The van der Waals surface area contributed by atoms with Gasteiger partial charge in [0.1, 0.15) is 5.82 Å². The summed E-state index contributed by atoms with van der Waals surface area (Å²) in [7, 11) is 0. The zero-order chi connectivity index (χ0) is 11.9. The Morgan fingerprint density at radius 3 is 2.94 bits per heavy atom. The van der Waals surface area contributed by atoms with Gasteiger partial charge >= 0.3 is 0 Å². The van der Waals surface area contributed by atoms with E-state index in [-0.39, 0.29) is 0 Å². The van der Waals surface area contributed by atoms with Gasteiger partial charge in [-0.25, -0.2) is 9.67 Å². The standard InChI is InChI=1S/C10H13N7S/c1-2-6(1)9-11-10(14-13-9)18-5-8-12-15-16-17(8)7-3-4-7/h6-7H,1-5H2,(H,11,13,14). The van der Waals surface area contributed by atoms with Crippen molar-refractivity contribution >= 4 is 11.8 Å². The number of hydrogen-bond acceptors (Lipinski definition) is 6. The van der Waals surface area contributed by atoms with Crippen LogP contribution in [0.5, 0.6) is 0 Å². The smallest absolute Gasteiger partial charge is 0.208 e. The molecule has 2 fully saturated rings. The van der Waals surface area contributed by atoms with E-state index < -0.39 is 0 Å². The number of nitrogens with zero attached hydrogens (tertiary/aromatic N) is 6. The highest BCUT2D eigenvalue weighted by molar-refractivity contribution is 7.98. The number of aromatic nitrogens is 7. The Hall–Kier alpha value is -1.44. The van der Waals surface area contributed by atoms with Crippen LogP contribution in [0.2, 0.25) is 0 Å². The lowest BCUT2D eigenvalue weighted by Gasteiger charge is -1.99. The summed E-state index contributed by atoms with van der Waals surface area (Å²) in [6.07, 6.45) is 4.85. The molecule has 94 valence electrons. The lowest BCUT2D eigenvalue weighted by molar-refractivity contribution is 0.593. The zero-order valence-electron chi connectivity index (χ0n) is 9.78. The van der Waals surface area contributed by atoms with Crippen molar-refractivity contribution in [3.8, 4) is 0 Å². The fraction of sp³-hybridized carbons (Fsp3) is 0.700. The monoisotopic (exact) mass is 263 g/mol. The van der Waals surface area contributed by atoms with Crippen molar-refractivity contribution in [3.63, 3.8) is 0 Å². The molecule has 4 rings (SSSR count). The van der Waals surface area contributed by atoms with Gasteiger partial charge in [0.2, 0.25) is 5.16 Å². The number of nitrogens with one attached hydrogen (secondary N) is 1. The molecule has 2 aromatic rings. The van der Waals surface area contributed by atoms with Gasteiger partial charge in [0, 0.05) is 5.92 Å². The van der Waals surface area contributed by atoms with Crippen LogP contribution < -0.4 is 0 Å². The first-order valence-electron chi connectivity index (χ1n) is 6.22. The van der Waals surface area contributed by atoms with Crippen LogP contribution in [0.25, 0.3) is 0 Å². The first kappa shape index (κ1) is 10.5. The van der Waals surface area contributed by atoms with Crippen molar-refractivity contribution in [2.45, 2.75) is 48.6 Å². The summed E-state index contributed by atoms with van der Waals surface area (Å²) >= 11 is 1.59. The van der Waals surface area contributed by atoms with Gasteiger partial charge in [-0.15, -0.1) is 10.2 Å². The second-order valence-corrected chi connectivity index (χ2v) is 5.78. The number of rotatable bonds is 5. The van der Waals surface area contributed by atoms with Crippen LogP contribution in [-0.2, 0) is 5.75 Å². The molecule has 0 amide bonds. The van der Waals surface area contributed by atoms with Crippen LogP contribution in [0.15, 0.2) is 5.16 Å². The SMILES string of the molecule is C(Sc1n[nH]c(C2CC2)n1)c1nnnn1C1CC1. The van der Waals surface area contributed by atoms with Gasteiger partial charge in [-0.1, -0.05) is 11.8 Å². The van der Waals surface area contributed by atoms with E-state index in [4.69, 9.17) is 0 Å². The zero-order valence-corrected chi connectivity index (χ0v) is 10.6. The summed E-state index contributed by atoms with van der Waals surface area (Å²) in [5, 5.41) is 19.8. The Balaban J connectivity index is 1.43. The second kappa shape index (κ2) is 4.04. The number of hydrogen-bond donors (Lipinski definition) is 1. The predicted molar refractivity (Wildman–Crippen MR) is 64.0 cm³/mol. The lowest BCUT2D eigenvalue weighted by atomic mass is 10.4. The fourth-order valence-corrected chi connectivity index (χ4v) is 2.62. The van der Waals surface area contributed by atoms with E-state index in [0.29, 0.717) is 12.0 Å². The Bertz CT molecular complexity index is 554. The topological polar surface area (TPSA) is 85.2 Å². The fourth-order valence-electron chi connectivity index (χ4n) is 1.90. The van der Waals surface area contributed by atoms with Crippen LogP contribution in [0, 0.1) is 0 Å². The van der Waals surface area contributed by atoms with Crippen LogP contribution >= 0.6 is 11.8 Å². The molecule has 1 N–H and O–H groups in total. The van der Waals surface area contributed by atoms with Gasteiger partial charge in [-0.2, -0.15) is 0 Å². The normalized spacial score (nSPS) is 19.3. The van der Waals surface area contributed by atoms with Gasteiger partial charge in [0.15, 0.2) is 5.82 Å². The molecule has 18 heavy (non-hydrogen) atoms. The predicted octanol–water partition coefficient (Wildman–Crippen LogP) is 1.30. The summed E-state index contributed by atoms with van der Waals surface area (Å²) in [6.45, 7) is 0. The minimum absolute atomic E-state index is 0.518. The van der Waals surface area contributed by atoms with Gasteiger partial charge in [-0.3, -0.25) is 5.10 Å². The number of H-pyrrole nitrogens is 1. The maximum Gasteiger partial charge on any atom is 0.208 e. The lowest BCUT2D eigenvalue weighted by Crippen LogP contribution is -2.02. The van der Waals surface area contributed by atoms with E-state index in [2.05, 4.69) is 30.7 Å². The van der Waals surface area contributed by atoms with Crippen LogP contribution in [0.1, 0.15) is 49.3 Å². The minimum atomic E-state index is 0.518. The Morgan fingerprint density at radius 1 is 1.28 bits per heavy atom. The summed E-state index contributed by atoms with van der Waals surface area (Å²) < 4.78 is 1.93. The van der Waals surface area contributed by atoms with Crippen molar-refractivity contribution < 1.29 is 0 Å². The van der Waals surface area contributed by atoms with Crippen molar-refractivity contribution in [2.75, 3.05) is 0 Å². The van der Waals surface area contributed by atoms with Crippen LogP contribution in [-0.4, -0.2) is 35.4 Å². The largest absolute Gasteiger partial charge is 0.262 e. The molecular formula is C10H13N7S. The molecule has 2 aromatic heterocycles. The Labute approximate surface area is 108 Å². The van der Waals surface area contributed by atoms with Gasteiger partial charge in [0.05, 0.1) is 11.8 Å². The molecule has 7 nitrogen and oxygen atoms in total. The molecule has 0 unspecified atom stereocenters. The van der Waals surface area contributed by atoms with E-state index in [1.54, 1.807) is 11.8 Å². The molecule has 2 saturated carbocycles. The Morgan fingerprint density at radius 2 is 2.17 bits per heavy atom. The van der Waals surface area contributed by atoms with E-state index >= 15 is 0 Å². The second-order valence-electron chi connectivity index (χ2n) is 4.84. The Kier molecular flexibility index (Phi) is 2.35. The highest BCUT2D eigenvalue weighted by Gasteiger charge is 2.29. The molecule has 2 heterocycles. The van der Waals surface area contributed by atoms with Crippen LogP contribution in [0.3, 0.4) is 0 Å². The maximum atomic E-state index is 4.48. The number of aromatic amines is 1. The van der Waals surface area contributed by atoms with Gasteiger partial charge in [0.25, 0.3) is 0 Å². The summed E-state index contributed by atoms with van der Waals surface area (Å²) in [5.74, 6) is 3.29. The third-order valence-electron chi connectivity index (χ3n) is 3.23. The van der Waals surface area contributed by atoms with Gasteiger partial charge < -0.3 is 0 Å². The van der Waals surface area contributed by atoms with Crippen molar-refractivity contribution in [1.82, 2.24) is 35.4 Å². The first-order valence-corrected chi connectivity index (χ1v) is 7.20. The summed E-state index contributed by atoms with van der Waals surface area (Å²) in [5.41, 5.74) is 0. The molecule has 2 aliphatic rings. The molecule has 0 spiro atoms. The number of thioether (sulfide) groups is 1. The van der Waals surface area contributed by atoms with E-state index in [1.807, 2.05) is 4.68 Å². The number of tetrazole rings is 1. The van der Waals surface area contributed by atoms with E-state index in [9.17, 15) is 0 Å². The quantitative estimate of drug-likeness (QED) is 0.818. The van der Waals surface area contributed by atoms with Crippen molar-refractivity contribution in [2.24, 2.45) is 0 Å². The highest BCUT2D eigenvalue weighted by atomic mass is 32.2. The molecule has 0 atom stereocenters. The molecule has 0 bridgehead atoms. The van der Waals surface area contributed by atoms with Crippen molar-refractivity contribution in [3.05, 3.63) is 11.6 Å². The highest BCUT2D eigenvalue weighted by Crippen LogP contribution is 2.38. The van der Waals surface area contributed by atoms with Crippen molar-refractivity contribution in [1.29, 1.82) is 0 Å². The average Bonchev–Trinajstić information content (AvgIpc) is 3.31. The minimum Gasteiger partial charge on any atom is -0.262 e. The molecule has 0 aliphatic heterocycles. The van der Waals surface area contributed by atoms with E-state index in [0.717, 1.165) is 22.6 Å². The molecule has 0 radical (unpaired) electrons. The third kappa shape index (κ3) is 2.00. The molecular weight excluding hydrogens is 250 g/mol. The van der Waals surface area contributed by atoms with Crippen LogP contribution in [0.4, 0.5) is 0 Å². The first-order chi connectivity index (χ1) is 8.90. The summed E-state index contributed by atoms with van der Waals surface area (Å²) in [6, 6.07) is 0.518. The molecule has 8 heteroatoms. The average molecular weight is 263 g/mol. The molecule has 0 saturated heterocycles.